The molecule has 134 valence electrons. The van der Waals surface area contributed by atoms with Gasteiger partial charge in [-0.25, -0.2) is 0 Å². The fraction of sp³-hybridized carbons (Fsp3) is 0.208. The van der Waals surface area contributed by atoms with Crippen LogP contribution in [0.3, 0.4) is 0 Å². The van der Waals surface area contributed by atoms with E-state index in [1.807, 2.05) is 36.4 Å². The van der Waals surface area contributed by atoms with Crippen molar-refractivity contribution in [3.05, 3.63) is 77.4 Å². The van der Waals surface area contributed by atoms with Crippen LogP contribution in [0.25, 0.3) is 22.4 Å². The van der Waals surface area contributed by atoms with Crippen molar-refractivity contribution < 1.29 is 4.79 Å². The number of benzene rings is 3. The van der Waals surface area contributed by atoms with E-state index in [0.717, 1.165) is 28.9 Å². The van der Waals surface area contributed by atoms with E-state index in [9.17, 15) is 4.79 Å². The van der Waals surface area contributed by atoms with E-state index in [4.69, 9.17) is 0 Å². The number of likely N-dealkylation sites (tertiary alicyclic amines) is 1. The van der Waals surface area contributed by atoms with Crippen LogP contribution in [0.4, 0.5) is 5.69 Å². The number of hydrogen-bond acceptors (Lipinski definition) is 2. The van der Waals surface area contributed by atoms with Crippen molar-refractivity contribution in [2.24, 2.45) is 0 Å². The van der Waals surface area contributed by atoms with Gasteiger partial charge in [0.15, 0.2) is 0 Å². The monoisotopic (exact) mass is 354 g/mol. The van der Waals surface area contributed by atoms with Gasteiger partial charge in [-0.1, -0.05) is 48.5 Å². The summed E-state index contributed by atoms with van der Waals surface area (Å²) in [6, 6.07) is 20.6. The molecule has 5 rings (SSSR count). The van der Waals surface area contributed by atoms with Crippen molar-refractivity contribution in [2.75, 3.05) is 18.4 Å². The number of nitrogens with one attached hydrogen (secondary N) is 1. The molecule has 3 nitrogen and oxygen atoms in total. The van der Waals surface area contributed by atoms with Crippen LogP contribution in [0.1, 0.15) is 29.5 Å². The summed E-state index contributed by atoms with van der Waals surface area (Å²) in [6.45, 7) is 3.38. The van der Waals surface area contributed by atoms with E-state index in [-0.39, 0.29) is 5.91 Å². The number of anilines is 1. The van der Waals surface area contributed by atoms with Crippen LogP contribution < -0.4 is 5.32 Å². The summed E-state index contributed by atoms with van der Waals surface area (Å²) in [6.07, 6.45) is 4.60. The Labute approximate surface area is 159 Å². The zero-order valence-electron chi connectivity index (χ0n) is 15.2. The lowest BCUT2D eigenvalue weighted by Gasteiger charge is -2.15. The molecule has 1 N–H and O–H groups in total. The molecular formula is C24H22N2O. The van der Waals surface area contributed by atoms with E-state index in [2.05, 4.69) is 40.5 Å². The van der Waals surface area contributed by atoms with Gasteiger partial charge in [-0.2, -0.15) is 0 Å². The molecule has 0 radical (unpaired) electrons. The predicted molar refractivity (Wildman–Crippen MR) is 111 cm³/mol. The van der Waals surface area contributed by atoms with E-state index >= 15 is 0 Å². The Morgan fingerprint density at radius 3 is 2.44 bits per heavy atom. The average molecular weight is 354 g/mol. The highest BCUT2D eigenvalue weighted by Gasteiger charge is 2.21. The topological polar surface area (TPSA) is 32.3 Å². The molecule has 0 spiro atoms. The largest absolute Gasteiger partial charge is 0.322 e. The lowest BCUT2D eigenvalue weighted by Crippen LogP contribution is -2.18. The van der Waals surface area contributed by atoms with E-state index in [1.54, 1.807) is 0 Å². The highest BCUT2D eigenvalue weighted by atomic mass is 16.1. The third kappa shape index (κ3) is 3.04. The minimum Gasteiger partial charge on any atom is -0.322 e. The van der Waals surface area contributed by atoms with Gasteiger partial charge in [0.05, 0.1) is 0 Å². The summed E-state index contributed by atoms with van der Waals surface area (Å²) in [5.41, 5.74) is 5.02. The normalized spacial score (nSPS) is 15.9. The SMILES string of the molecule is O=C(Nc1ccc(CN2CCCC2)cc1)C1=Cc2cccc3cccc1c23. The number of carbonyl (C=O) groups excluding carboxylic acids is 1. The Bertz CT molecular complexity index is 1040. The number of carbonyl (C=O) groups is 1. The molecule has 3 aromatic rings. The fourth-order valence-corrected chi connectivity index (χ4v) is 4.23. The van der Waals surface area contributed by atoms with Gasteiger partial charge in [-0.3, -0.25) is 9.69 Å². The maximum atomic E-state index is 12.9. The highest BCUT2D eigenvalue weighted by molar-refractivity contribution is 6.34. The maximum absolute atomic E-state index is 12.9. The molecule has 0 unspecified atom stereocenters. The second-order valence-corrected chi connectivity index (χ2v) is 7.44. The second-order valence-electron chi connectivity index (χ2n) is 7.44. The first-order chi connectivity index (χ1) is 13.3. The number of amides is 1. The molecule has 1 fully saturated rings. The zero-order chi connectivity index (χ0) is 18.2. The van der Waals surface area contributed by atoms with Crippen LogP contribution in [0, 0.1) is 0 Å². The Kier molecular flexibility index (Phi) is 4.02. The van der Waals surface area contributed by atoms with E-state index in [1.165, 1.54) is 42.3 Å². The molecule has 1 aliphatic carbocycles. The van der Waals surface area contributed by atoms with Gasteiger partial charge in [0.1, 0.15) is 0 Å². The quantitative estimate of drug-likeness (QED) is 0.721. The van der Waals surface area contributed by atoms with E-state index < -0.39 is 0 Å². The standard InChI is InChI=1S/C24H22N2O/c27-24(22-15-19-7-3-5-18-6-4-8-21(22)23(18)19)25-20-11-9-17(10-12-20)16-26-13-1-2-14-26/h3-12,15H,1-2,13-14,16H2,(H,25,27). The van der Waals surface area contributed by atoms with Crippen LogP contribution >= 0.6 is 0 Å². The third-order valence-corrected chi connectivity index (χ3v) is 5.59. The first kappa shape index (κ1) is 16.3. The number of rotatable bonds is 4. The highest BCUT2D eigenvalue weighted by Crippen LogP contribution is 2.36. The number of hydrogen-bond donors (Lipinski definition) is 1. The van der Waals surface area contributed by atoms with Crippen molar-refractivity contribution in [1.29, 1.82) is 0 Å². The van der Waals surface area contributed by atoms with Crippen molar-refractivity contribution >= 4 is 34.0 Å². The zero-order valence-corrected chi connectivity index (χ0v) is 15.2. The van der Waals surface area contributed by atoms with Gasteiger partial charge in [-0.05, 0) is 71.6 Å². The Morgan fingerprint density at radius 2 is 1.67 bits per heavy atom. The van der Waals surface area contributed by atoms with Gasteiger partial charge in [-0.15, -0.1) is 0 Å². The molecule has 3 aromatic carbocycles. The smallest absolute Gasteiger partial charge is 0.256 e. The third-order valence-electron chi connectivity index (χ3n) is 5.59. The molecule has 0 bridgehead atoms. The molecule has 1 amide bonds. The first-order valence-corrected chi connectivity index (χ1v) is 9.64. The van der Waals surface area contributed by atoms with Crippen LogP contribution in [0.5, 0.6) is 0 Å². The van der Waals surface area contributed by atoms with Crippen molar-refractivity contribution in [1.82, 2.24) is 4.90 Å². The van der Waals surface area contributed by atoms with Gasteiger partial charge in [0.2, 0.25) is 0 Å². The average Bonchev–Trinajstić information content (AvgIpc) is 3.33. The summed E-state index contributed by atoms with van der Waals surface area (Å²) < 4.78 is 0. The first-order valence-electron chi connectivity index (χ1n) is 9.64. The molecule has 0 aromatic heterocycles. The number of nitrogens with zero attached hydrogens (tertiary/aromatic N) is 1. The summed E-state index contributed by atoms with van der Waals surface area (Å²) in [5.74, 6) is -0.0500. The Hall–Kier alpha value is -2.91. The lowest BCUT2D eigenvalue weighted by atomic mass is 10.0. The molecular weight excluding hydrogens is 332 g/mol. The molecule has 1 aliphatic heterocycles. The van der Waals surface area contributed by atoms with Gasteiger partial charge in [0, 0.05) is 17.8 Å². The minimum atomic E-state index is -0.0500. The summed E-state index contributed by atoms with van der Waals surface area (Å²) >= 11 is 0. The molecule has 0 saturated carbocycles. The van der Waals surface area contributed by atoms with Gasteiger partial charge >= 0.3 is 0 Å². The summed E-state index contributed by atoms with van der Waals surface area (Å²) in [5, 5.41) is 5.41. The van der Waals surface area contributed by atoms with Gasteiger partial charge < -0.3 is 5.32 Å². The predicted octanol–water partition coefficient (Wildman–Crippen LogP) is 4.93. The molecule has 1 heterocycles. The van der Waals surface area contributed by atoms with Gasteiger partial charge in [0.25, 0.3) is 5.91 Å². The molecule has 27 heavy (non-hydrogen) atoms. The summed E-state index contributed by atoms with van der Waals surface area (Å²) in [7, 11) is 0. The molecule has 2 aliphatic rings. The fourth-order valence-electron chi connectivity index (χ4n) is 4.23. The minimum absolute atomic E-state index is 0.0500. The van der Waals surface area contributed by atoms with Crippen molar-refractivity contribution in [3.8, 4) is 0 Å². The van der Waals surface area contributed by atoms with Crippen LogP contribution in [-0.4, -0.2) is 23.9 Å². The van der Waals surface area contributed by atoms with Crippen LogP contribution in [0.15, 0.2) is 60.7 Å². The van der Waals surface area contributed by atoms with Crippen molar-refractivity contribution in [2.45, 2.75) is 19.4 Å². The Morgan fingerprint density at radius 1 is 0.926 bits per heavy atom. The Balaban J connectivity index is 1.33. The molecule has 0 atom stereocenters. The van der Waals surface area contributed by atoms with Crippen molar-refractivity contribution in [3.63, 3.8) is 0 Å². The maximum Gasteiger partial charge on any atom is 0.256 e. The summed E-state index contributed by atoms with van der Waals surface area (Å²) in [4.78, 5) is 15.4. The van der Waals surface area contributed by atoms with Crippen LogP contribution in [-0.2, 0) is 11.3 Å². The van der Waals surface area contributed by atoms with E-state index in [0.29, 0.717) is 0 Å². The second kappa shape index (κ2) is 6.67. The molecule has 3 heteroatoms. The van der Waals surface area contributed by atoms with Crippen LogP contribution in [0.2, 0.25) is 0 Å². The molecule has 1 saturated heterocycles. The lowest BCUT2D eigenvalue weighted by molar-refractivity contribution is -0.111.